The lowest BCUT2D eigenvalue weighted by Gasteiger charge is -2.07. The first-order chi connectivity index (χ1) is 7.06. The van der Waals surface area contributed by atoms with Gasteiger partial charge in [-0.1, -0.05) is 25.4 Å². The third kappa shape index (κ3) is 3.56. The highest BCUT2D eigenvalue weighted by molar-refractivity contribution is 6.31. The van der Waals surface area contributed by atoms with Crippen molar-refractivity contribution in [2.75, 3.05) is 7.05 Å². The second-order valence-corrected chi connectivity index (χ2v) is 3.41. The van der Waals surface area contributed by atoms with Gasteiger partial charge in [0.2, 0.25) is 0 Å². The molecule has 0 aliphatic rings. The number of carbonyl (C=O) groups excluding carboxylic acids is 1. The Labute approximate surface area is 96.6 Å². The van der Waals surface area contributed by atoms with Crippen LogP contribution in [0.5, 0.6) is 0 Å². The minimum atomic E-state index is -0.0944. The molecule has 0 aromatic heterocycles. The van der Waals surface area contributed by atoms with Gasteiger partial charge in [-0.15, -0.1) is 0 Å². The Morgan fingerprint density at radius 1 is 1.27 bits per heavy atom. The van der Waals surface area contributed by atoms with Crippen molar-refractivity contribution in [3.05, 3.63) is 33.8 Å². The molecule has 1 amide bonds. The predicted octanol–water partition coefficient (Wildman–Crippen LogP) is 3.34. The maximum Gasteiger partial charge on any atom is 0.251 e. The van der Waals surface area contributed by atoms with Crippen LogP contribution in [0.2, 0.25) is 5.02 Å². The first-order valence-electron chi connectivity index (χ1n) is 5.05. The van der Waals surface area contributed by atoms with Crippen LogP contribution in [-0.4, -0.2) is 13.0 Å². The average Bonchev–Trinajstić information content (AvgIpc) is 2.25. The molecule has 1 N–H and O–H groups in total. The summed E-state index contributed by atoms with van der Waals surface area (Å²) in [6, 6.07) is 3.53. The van der Waals surface area contributed by atoms with Gasteiger partial charge >= 0.3 is 0 Å². The summed E-state index contributed by atoms with van der Waals surface area (Å²) >= 11 is 5.84. The molecule has 1 rings (SSSR count). The molecule has 0 unspecified atom stereocenters. The third-order valence-electron chi connectivity index (χ3n) is 2.10. The smallest absolute Gasteiger partial charge is 0.251 e. The van der Waals surface area contributed by atoms with Gasteiger partial charge in [0.25, 0.3) is 5.91 Å². The highest BCUT2D eigenvalue weighted by Crippen LogP contribution is 2.19. The zero-order valence-corrected chi connectivity index (χ0v) is 10.7. The number of rotatable bonds is 1. The van der Waals surface area contributed by atoms with Crippen LogP contribution < -0.4 is 5.32 Å². The van der Waals surface area contributed by atoms with Crippen LogP contribution in [0.25, 0.3) is 0 Å². The van der Waals surface area contributed by atoms with E-state index in [2.05, 4.69) is 5.32 Å². The number of halogens is 1. The lowest BCUT2D eigenvalue weighted by molar-refractivity contribution is 0.0962. The number of aryl methyl sites for hydroxylation is 1. The van der Waals surface area contributed by atoms with Crippen LogP contribution in [0.15, 0.2) is 12.1 Å². The van der Waals surface area contributed by atoms with E-state index in [1.165, 1.54) is 0 Å². The minimum Gasteiger partial charge on any atom is -0.355 e. The fourth-order valence-electron chi connectivity index (χ4n) is 1.19. The normalized spacial score (nSPS) is 8.93. The van der Waals surface area contributed by atoms with Crippen molar-refractivity contribution in [3.8, 4) is 0 Å². The van der Waals surface area contributed by atoms with Gasteiger partial charge in [-0.25, -0.2) is 0 Å². The molecule has 84 valence electrons. The SMILES string of the molecule is CC.CNC(=O)c1cc(Cl)cc(C)c1C. The largest absolute Gasteiger partial charge is 0.355 e. The molecule has 3 heteroatoms. The number of hydrogen-bond acceptors (Lipinski definition) is 1. The van der Waals surface area contributed by atoms with Crippen molar-refractivity contribution in [2.24, 2.45) is 0 Å². The zero-order chi connectivity index (χ0) is 12.0. The van der Waals surface area contributed by atoms with E-state index in [1.807, 2.05) is 33.8 Å². The molecule has 2 nitrogen and oxygen atoms in total. The van der Waals surface area contributed by atoms with Gasteiger partial charge in [0, 0.05) is 17.6 Å². The monoisotopic (exact) mass is 227 g/mol. The van der Waals surface area contributed by atoms with Crippen LogP contribution in [0.4, 0.5) is 0 Å². The number of carbonyl (C=O) groups is 1. The van der Waals surface area contributed by atoms with Crippen LogP contribution >= 0.6 is 11.6 Å². The highest BCUT2D eigenvalue weighted by atomic mass is 35.5. The Bertz CT molecular complexity index is 348. The molecule has 0 saturated heterocycles. The summed E-state index contributed by atoms with van der Waals surface area (Å²) in [4.78, 5) is 11.4. The molecule has 15 heavy (non-hydrogen) atoms. The zero-order valence-electron chi connectivity index (χ0n) is 9.94. The molecule has 0 bridgehead atoms. The second-order valence-electron chi connectivity index (χ2n) is 2.97. The van der Waals surface area contributed by atoms with Gasteiger partial charge in [0.05, 0.1) is 0 Å². The van der Waals surface area contributed by atoms with Gasteiger partial charge in [-0.05, 0) is 37.1 Å². The molecule has 1 aromatic carbocycles. The first kappa shape index (κ1) is 14.0. The third-order valence-corrected chi connectivity index (χ3v) is 2.32. The van der Waals surface area contributed by atoms with Gasteiger partial charge in [-0.2, -0.15) is 0 Å². The topological polar surface area (TPSA) is 29.1 Å². The number of amides is 1. The first-order valence-corrected chi connectivity index (χ1v) is 5.43. The van der Waals surface area contributed by atoms with Gasteiger partial charge in [0.15, 0.2) is 0 Å². The van der Waals surface area contributed by atoms with E-state index < -0.39 is 0 Å². The fourth-order valence-corrected chi connectivity index (χ4v) is 1.46. The van der Waals surface area contributed by atoms with E-state index in [-0.39, 0.29) is 5.91 Å². The number of nitrogens with one attached hydrogen (secondary N) is 1. The van der Waals surface area contributed by atoms with Crippen LogP contribution in [0.1, 0.15) is 35.3 Å². The van der Waals surface area contributed by atoms with Crippen molar-refractivity contribution < 1.29 is 4.79 Å². The summed E-state index contributed by atoms with van der Waals surface area (Å²) in [5.41, 5.74) is 2.65. The van der Waals surface area contributed by atoms with Gasteiger partial charge in [0.1, 0.15) is 0 Å². The molecule has 1 aromatic rings. The van der Waals surface area contributed by atoms with Crippen molar-refractivity contribution >= 4 is 17.5 Å². The molecule has 0 aliphatic carbocycles. The Kier molecular flexibility index (Phi) is 6.02. The molecular formula is C12H18ClNO. The van der Waals surface area contributed by atoms with Crippen LogP contribution in [0.3, 0.4) is 0 Å². The van der Waals surface area contributed by atoms with Crippen molar-refractivity contribution in [1.29, 1.82) is 0 Å². The fraction of sp³-hybridized carbons (Fsp3) is 0.417. The van der Waals surface area contributed by atoms with Crippen molar-refractivity contribution in [1.82, 2.24) is 5.32 Å². The lowest BCUT2D eigenvalue weighted by atomic mass is 10.0. The average molecular weight is 228 g/mol. The molecule has 0 radical (unpaired) electrons. The molecule has 0 atom stereocenters. The summed E-state index contributed by atoms with van der Waals surface area (Å²) in [5, 5.41) is 3.18. The van der Waals surface area contributed by atoms with Crippen LogP contribution in [-0.2, 0) is 0 Å². The van der Waals surface area contributed by atoms with E-state index in [4.69, 9.17) is 11.6 Å². The van der Waals surface area contributed by atoms with Gasteiger partial charge < -0.3 is 5.32 Å². The Balaban J connectivity index is 0.000000921. The number of hydrogen-bond donors (Lipinski definition) is 1. The van der Waals surface area contributed by atoms with E-state index in [0.29, 0.717) is 10.6 Å². The highest BCUT2D eigenvalue weighted by Gasteiger charge is 2.09. The molecule has 0 saturated carbocycles. The maximum atomic E-state index is 11.4. The summed E-state index contributed by atoms with van der Waals surface area (Å²) in [5.74, 6) is -0.0944. The van der Waals surface area contributed by atoms with E-state index in [9.17, 15) is 4.79 Å². The maximum absolute atomic E-state index is 11.4. The Hall–Kier alpha value is -1.02. The molecule has 0 heterocycles. The molecule has 0 fully saturated rings. The lowest BCUT2D eigenvalue weighted by Crippen LogP contribution is -2.19. The quantitative estimate of drug-likeness (QED) is 0.784. The summed E-state index contributed by atoms with van der Waals surface area (Å²) in [6.45, 7) is 7.85. The molecule has 0 aliphatic heterocycles. The number of benzene rings is 1. The molecular weight excluding hydrogens is 210 g/mol. The van der Waals surface area contributed by atoms with Gasteiger partial charge in [-0.3, -0.25) is 4.79 Å². The summed E-state index contributed by atoms with van der Waals surface area (Å²) in [6.07, 6.45) is 0. The van der Waals surface area contributed by atoms with E-state index in [0.717, 1.165) is 11.1 Å². The van der Waals surface area contributed by atoms with Crippen LogP contribution in [0, 0.1) is 13.8 Å². The standard InChI is InChI=1S/C10H12ClNO.C2H6/c1-6-4-8(11)5-9(7(6)2)10(13)12-3;1-2/h4-5H,1-3H3,(H,12,13);1-2H3. The predicted molar refractivity (Wildman–Crippen MR) is 65.7 cm³/mol. The summed E-state index contributed by atoms with van der Waals surface area (Å²) < 4.78 is 0. The molecule has 0 spiro atoms. The minimum absolute atomic E-state index is 0.0944. The van der Waals surface area contributed by atoms with E-state index in [1.54, 1.807) is 13.1 Å². The van der Waals surface area contributed by atoms with Crippen molar-refractivity contribution in [3.63, 3.8) is 0 Å². The second kappa shape index (κ2) is 6.46. The summed E-state index contributed by atoms with van der Waals surface area (Å²) in [7, 11) is 1.61. The Morgan fingerprint density at radius 3 is 2.27 bits per heavy atom. The van der Waals surface area contributed by atoms with E-state index >= 15 is 0 Å². The van der Waals surface area contributed by atoms with Crippen molar-refractivity contribution in [2.45, 2.75) is 27.7 Å². The Morgan fingerprint density at radius 2 is 1.80 bits per heavy atom.